The summed E-state index contributed by atoms with van der Waals surface area (Å²) in [4.78, 5) is 8.04. The lowest BCUT2D eigenvalue weighted by molar-refractivity contribution is 0.139. The quantitative estimate of drug-likeness (QED) is 0.664. The van der Waals surface area contributed by atoms with Gasteiger partial charge in [0, 0.05) is 20.1 Å². The molecule has 3 heterocycles. The van der Waals surface area contributed by atoms with Crippen molar-refractivity contribution >= 4 is 16.7 Å². The standard InChI is InChI=1S/C20H21N5O/c1-11-3-5-12(6-4-11)18-19(26)17(24-25(18)2)20-22-15-7-13-9-21-10-14(13)8-16(15)23-20/h3-8,18-19,21,26H,9-10H2,1-2H3,(H,22,23). The van der Waals surface area contributed by atoms with E-state index in [1.807, 2.05) is 24.2 Å². The molecular weight excluding hydrogens is 326 g/mol. The molecule has 26 heavy (non-hydrogen) atoms. The third-order valence-electron chi connectivity index (χ3n) is 5.34. The molecule has 2 atom stereocenters. The van der Waals surface area contributed by atoms with Crippen molar-refractivity contribution in [3.05, 3.63) is 64.5 Å². The molecule has 0 amide bonds. The van der Waals surface area contributed by atoms with E-state index in [1.165, 1.54) is 16.7 Å². The Labute approximate surface area is 151 Å². The fourth-order valence-corrected chi connectivity index (χ4v) is 3.92. The molecule has 0 saturated heterocycles. The molecule has 2 aliphatic heterocycles. The van der Waals surface area contributed by atoms with Crippen LogP contribution in [0.2, 0.25) is 0 Å². The fourth-order valence-electron chi connectivity index (χ4n) is 3.92. The highest BCUT2D eigenvalue weighted by Gasteiger charge is 2.37. The number of hydrazone groups is 1. The first kappa shape index (κ1) is 15.5. The summed E-state index contributed by atoms with van der Waals surface area (Å²) in [7, 11) is 1.89. The summed E-state index contributed by atoms with van der Waals surface area (Å²) in [6.45, 7) is 3.83. The number of H-pyrrole nitrogens is 1. The number of aromatic amines is 1. The van der Waals surface area contributed by atoms with Crippen LogP contribution in [-0.2, 0) is 13.1 Å². The molecule has 0 bridgehead atoms. The van der Waals surface area contributed by atoms with Crippen LogP contribution in [0.25, 0.3) is 11.0 Å². The van der Waals surface area contributed by atoms with E-state index in [0.29, 0.717) is 11.5 Å². The molecule has 3 N–H and O–H groups in total. The van der Waals surface area contributed by atoms with Gasteiger partial charge in [-0.25, -0.2) is 4.98 Å². The van der Waals surface area contributed by atoms with Gasteiger partial charge in [0.25, 0.3) is 0 Å². The van der Waals surface area contributed by atoms with Gasteiger partial charge in [0.05, 0.1) is 11.0 Å². The molecule has 0 saturated carbocycles. The minimum Gasteiger partial charge on any atom is -0.384 e. The van der Waals surface area contributed by atoms with Crippen molar-refractivity contribution in [2.45, 2.75) is 32.2 Å². The molecular formula is C20H21N5O. The molecule has 2 aliphatic rings. The Morgan fingerprint density at radius 3 is 2.62 bits per heavy atom. The van der Waals surface area contributed by atoms with Gasteiger partial charge in [-0.05, 0) is 35.7 Å². The first-order valence-corrected chi connectivity index (χ1v) is 8.89. The van der Waals surface area contributed by atoms with Gasteiger partial charge >= 0.3 is 0 Å². The van der Waals surface area contributed by atoms with E-state index in [0.717, 1.165) is 29.7 Å². The van der Waals surface area contributed by atoms with E-state index < -0.39 is 6.10 Å². The van der Waals surface area contributed by atoms with Crippen LogP contribution in [0.4, 0.5) is 0 Å². The van der Waals surface area contributed by atoms with Crippen molar-refractivity contribution in [1.82, 2.24) is 20.3 Å². The number of imidazole rings is 1. The average molecular weight is 347 g/mol. The Bertz CT molecular complexity index is 980. The number of aliphatic hydroxyl groups excluding tert-OH is 1. The SMILES string of the molecule is Cc1ccc(C2C(O)C(c3nc4cc5c(cc4[nH]3)CNC5)=NN2C)cc1. The number of hydrogen-bond donors (Lipinski definition) is 3. The molecule has 0 aliphatic carbocycles. The van der Waals surface area contributed by atoms with Gasteiger partial charge < -0.3 is 15.4 Å². The topological polar surface area (TPSA) is 76.5 Å². The maximum Gasteiger partial charge on any atom is 0.157 e. The summed E-state index contributed by atoms with van der Waals surface area (Å²) in [5, 5.41) is 20.7. The van der Waals surface area contributed by atoms with E-state index in [4.69, 9.17) is 4.98 Å². The largest absolute Gasteiger partial charge is 0.384 e. The first-order chi connectivity index (χ1) is 12.6. The molecule has 0 radical (unpaired) electrons. The number of aromatic nitrogens is 2. The van der Waals surface area contributed by atoms with Crippen LogP contribution in [0, 0.1) is 6.92 Å². The molecule has 0 spiro atoms. The molecule has 3 aromatic rings. The lowest BCUT2D eigenvalue weighted by Crippen LogP contribution is -2.28. The number of aryl methyl sites for hydroxylation is 1. The zero-order valence-corrected chi connectivity index (χ0v) is 14.8. The fraction of sp³-hybridized carbons (Fsp3) is 0.300. The second-order valence-corrected chi connectivity index (χ2v) is 7.19. The summed E-state index contributed by atoms with van der Waals surface area (Å²) in [6, 6.07) is 12.3. The lowest BCUT2D eigenvalue weighted by atomic mass is 9.98. The summed E-state index contributed by atoms with van der Waals surface area (Å²) < 4.78 is 0. The predicted molar refractivity (Wildman–Crippen MR) is 101 cm³/mol. The molecule has 1 aromatic heterocycles. The molecule has 0 fully saturated rings. The van der Waals surface area contributed by atoms with Crippen LogP contribution in [0.15, 0.2) is 41.5 Å². The number of aliphatic hydroxyl groups is 1. The average Bonchev–Trinajstić information content (AvgIpc) is 3.30. The van der Waals surface area contributed by atoms with Crippen LogP contribution in [0.3, 0.4) is 0 Å². The second-order valence-electron chi connectivity index (χ2n) is 7.19. The number of hydrogen-bond acceptors (Lipinski definition) is 5. The number of rotatable bonds is 2. The van der Waals surface area contributed by atoms with E-state index in [-0.39, 0.29) is 6.04 Å². The van der Waals surface area contributed by atoms with Gasteiger partial charge in [-0.2, -0.15) is 5.10 Å². The van der Waals surface area contributed by atoms with Crippen molar-refractivity contribution in [2.24, 2.45) is 5.10 Å². The molecule has 2 unspecified atom stereocenters. The highest BCUT2D eigenvalue weighted by Crippen LogP contribution is 2.32. The Kier molecular flexibility index (Phi) is 3.38. The Hall–Kier alpha value is -2.70. The summed E-state index contributed by atoms with van der Waals surface area (Å²) in [5.74, 6) is 0.644. The predicted octanol–water partition coefficient (Wildman–Crippen LogP) is 2.23. The van der Waals surface area contributed by atoms with Crippen molar-refractivity contribution in [3.8, 4) is 0 Å². The highest BCUT2D eigenvalue weighted by molar-refractivity contribution is 6.04. The Morgan fingerprint density at radius 2 is 1.85 bits per heavy atom. The van der Waals surface area contributed by atoms with Crippen molar-refractivity contribution in [3.63, 3.8) is 0 Å². The second kappa shape index (κ2) is 5.65. The third-order valence-corrected chi connectivity index (χ3v) is 5.34. The van der Waals surface area contributed by atoms with E-state index >= 15 is 0 Å². The van der Waals surface area contributed by atoms with Gasteiger partial charge in [-0.3, -0.25) is 5.01 Å². The minimum absolute atomic E-state index is 0.201. The van der Waals surface area contributed by atoms with Gasteiger partial charge in [0.2, 0.25) is 0 Å². The minimum atomic E-state index is -0.725. The molecule has 5 rings (SSSR count). The number of fused-ring (bicyclic) bond motifs is 2. The van der Waals surface area contributed by atoms with E-state index in [2.05, 4.69) is 46.6 Å². The Morgan fingerprint density at radius 1 is 1.12 bits per heavy atom. The normalized spacial score (nSPS) is 22.1. The zero-order chi connectivity index (χ0) is 17.8. The van der Waals surface area contributed by atoms with Crippen LogP contribution in [-0.4, -0.2) is 38.9 Å². The van der Waals surface area contributed by atoms with Gasteiger partial charge in [0.1, 0.15) is 17.9 Å². The number of nitrogens with one attached hydrogen (secondary N) is 2. The highest BCUT2D eigenvalue weighted by atomic mass is 16.3. The third kappa shape index (κ3) is 2.34. The number of benzene rings is 2. The van der Waals surface area contributed by atoms with Crippen LogP contribution >= 0.6 is 0 Å². The number of nitrogens with zero attached hydrogens (tertiary/aromatic N) is 3. The number of likely N-dealkylation sites (N-methyl/N-ethyl adjacent to an activating group) is 1. The lowest BCUT2D eigenvalue weighted by Gasteiger charge is -2.22. The molecule has 2 aromatic carbocycles. The van der Waals surface area contributed by atoms with E-state index in [1.54, 1.807) is 0 Å². The monoisotopic (exact) mass is 347 g/mol. The van der Waals surface area contributed by atoms with Gasteiger partial charge in [0.15, 0.2) is 5.82 Å². The maximum atomic E-state index is 10.9. The summed E-state index contributed by atoms with van der Waals surface area (Å²) in [6.07, 6.45) is -0.725. The van der Waals surface area contributed by atoms with Crippen LogP contribution < -0.4 is 5.32 Å². The van der Waals surface area contributed by atoms with Crippen molar-refractivity contribution < 1.29 is 5.11 Å². The summed E-state index contributed by atoms with van der Waals surface area (Å²) in [5.41, 5.74) is 7.33. The molecule has 6 heteroatoms. The Balaban J connectivity index is 1.51. The smallest absolute Gasteiger partial charge is 0.157 e. The van der Waals surface area contributed by atoms with E-state index in [9.17, 15) is 5.11 Å². The van der Waals surface area contributed by atoms with Crippen molar-refractivity contribution in [2.75, 3.05) is 7.05 Å². The zero-order valence-electron chi connectivity index (χ0n) is 14.8. The van der Waals surface area contributed by atoms with Crippen molar-refractivity contribution in [1.29, 1.82) is 0 Å². The molecule has 6 nitrogen and oxygen atoms in total. The first-order valence-electron chi connectivity index (χ1n) is 8.89. The van der Waals surface area contributed by atoms with Gasteiger partial charge in [-0.15, -0.1) is 0 Å². The van der Waals surface area contributed by atoms with Crippen LogP contribution in [0.5, 0.6) is 0 Å². The van der Waals surface area contributed by atoms with Gasteiger partial charge in [-0.1, -0.05) is 29.8 Å². The maximum absolute atomic E-state index is 10.9. The van der Waals surface area contributed by atoms with Crippen LogP contribution in [0.1, 0.15) is 34.1 Å². The summed E-state index contributed by atoms with van der Waals surface area (Å²) >= 11 is 0. The molecule has 132 valence electrons.